The van der Waals surface area contributed by atoms with Crippen LogP contribution in [-0.2, 0) is 20.5 Å². The van der Waals surface area contributed by atoms with E-state index in [1.807, 2.05) is 0 Å². The molecule has 1 heterocycles. The normalized spacial score (nSPS) is 25.3. The van der Waals surface area contributed by atoms with Gasteiger partial charge < -0.3 is 14.9 Å². The zero-order valence-corrected chi connectivity index (χ0v) is 16.2. The van der Waals surface area contributed by atoms with Crippen molar-refractivity contribution in [2.45, 2.75) is 10.7 Å². The zero-order chi connectivity index (χ0) is 20.6. The number of benzene rings is 2. The first-order valence-corrected chi connectivity index (χ1v) is 10.5. The van der Waals surface area contributed by atoms with Gasteiger partial charge in [0.15, 0.2) is 5.70 Å². The molecular weight excluding hydrogens is 399 g/mol. The van der Waals surface area contributed by atoms with E-state index in [-0.39, 0.29) is 23.8 Å². The molecule has 9 heteroatoms. The number of nitrogens with zero attached hydrogens (tertiary/aromatic N) is 1. The van der Waals surface area contributed by atoms with E-state index < -0.39 is 21.6 Å². The van der Waals surface area contributed by atoms with Gasteiger partial charge in [0.1, 0.15) is 25.5 Å². The summed E-state index contributed by atoms with van der Waals surface area (Å²) < 4.78 is 48.4. The smallest absolute Gasteiger partial charge is 0.282 e. The molecule has 3 N–H and O–H groups in total. The summed E-state index contributed by atoms with van der Waals surface area (Å²) in [6.45, 7) is 1.01. The van der Waals surface area contributed by atoms with Gasteiger partial charge in [-0.3, -0.25) is 4.90 Å². The second-order valence-corrected chi connectivity index (χ2v) is 8.43. The van der Waals surface area contributed by atoms with Gasteiger partial charge in [0.2, 0.25) is 0 Å². The molecule has 1 aliphatic heterocycles. The van der Waals surface area contributed by atoms with Crippen LogP contribution in [0.1, 0.15) is 11.1 Å². The molecule has 0 radical (unpaired) electrons. The third kappa shape index (κ3) is 3.52. The van der Waals surface area contributed by atoms with Gasteiger partial charge >= 0.3 is 0 Å². The Labute approximate surface area is 167 Å². The predicted octanol–water partition coefficient (Wildman–Crippen LogP) is -0.0463. The van der Waals surface area contributed by atoms with Gasteiger partial charge in [0.25, 0.3) is 15.8 Å². The first-order chi connectivity index (χ1) is 13.8. The minimum atomic E-state index is -4.11. The number of fused-ring (bicyclic) bond motifs is 3. The second kappa shape index (κ2) is 7.43. The van der Waals surface area contributed by atoms with Gasteiger partial charge in [0, 0.05) is 17.2 Å². The van der Waals surface area contributed by atoms with Crippen molar-refractivity contribution in [1.82, 2.24) is 0 Å². The summed E-state index contributed by atoms with van der Waals surface area (Å²) in [6, 6.07) is 11.2. The van der Waals surface area contributed by atoms with Crippen molar-refractivity contribution >= 4 is 15.7 Å². The summed E-state index contributed by atoms with van der Waals surface area (Å²) in [7, 11) is -4.11. The number of aliphatic hydroxyl groups is 2. The van der Waals surface area contributed by atoms with Gasteiger partial charge in [-0.2, -0.15) is 12.8 Å². The number of quaternary nitrogens is 1. The number of nitrogens with one attached hydrogen (secondary N) is 1. The molecule has 4 rings (SSSR count). The number of sulfonamides is 1. The number of morpholine rings is 1. The average Bonchev–Trinajstić information content (AvgIpc) is 2.70. The monoisotopic (exact) mass is 419 g/mol. The maximum absolute atomic E-state index is 13.2. The minimum Gasteiger partial charge on any atom is -0.391 e. The number of halogens is 1. The number of allylic oxidation sites excluding steroid dienone is 1. The van der Waals surface area contributed by atoms with Crippen LogP contribution in [0.3, 0.4) is 0 Å². The number of rotatable bonds is 4. The Morgan fingerprint density at radius 3 is 2.62 bits per heavy atom. The van der Waals surface area contributed by atoms with Gasteiger partial charge in [-0.15, -0.1) is 0 Å². The van der Waals surface area contributed by atoms with E-state index in [4.69, 9.17) is 4.74 Å². The van der Waals surface area contributed by atoms with Crippen LogP contribution >= 0.6 is 0 Å². The fourth-order valence-corrected chi connectivity index (χ4v) is 4.67. The van der Waals surface area contributed by atoms with E-state index in [1.54, 1.807) is 24.3 Å². The van der Waals surface area contributed by atoms with Crippen LogP contribution in [0.5, 0.6) is 0 Å². The number of aliphatic hydroxyl groups excluding tert-OH is 1. The molecule has 2 atom stereocenters. The van der Waals surface area contributed by atoms with Crippen molar-refractivity contribution in [3.63, 3.8) is 0 Å². The molecule has 0 saturated carbocycles. The summed E-state index contributed by atoms with van der Waals surface area (Å²) >= 11 is 0. The molecule has 1 saturated heterocycles. The van der Waals surface area contributed by atoms with E-state index in [0.29, 0.717) is 29.9 Å². The summed E-state index contributed by atoms with van der Waals surface area (Å²) in [5.74, 6) is -2.27. The van der Waals surface area contributed by atoms with E-state index >= 15 is 0 Å². The quantitative estimate of drug-likeness (QED) is 0.646. The molecule has 0 amide bonds. The highest BCUT2D eigenvalue weighted by Gasteiger charge is 2.49. The second-order valence-electron chi connectivity index (χ2n) is 6.83. The van der Waals surface area contributed by atoms with Crippen LogP contribution in [0.2, 0.25) is 0 Å². The highest BCUT2D eigenvalue weighted by atomic mass is 32.2. The lowest BCUT2D eigenvalue weighted by Gasteiger charge is -2.41. The highest BCUT2D eigenvalue weighted by Crippen LogP contribution is 2.36. The Bertz CT molecular complexity index is 1100. The van der Waals surface area contributed by atoms with E-state index in [2.05, 4.69) is 4.40 Å². The van der Waals surface area contributed by atoms with Crippen LogP contribution in [0.15, 0.2) is 69.6 Å². The summed E-state index contributed by atoms with van der Waals surface area (Å²) in [6.07, 6.45) is 1.49. The standard InChI is InChI=1S/C20H19FN2O5S/c21-14-5-7-15(8-6-14)29(26,27)22-18-13-19-20(25,17-4-2-1-3-16(17)18)28-12-10-23(19)9-11-24/h1-8,13,24-25H,9-12H2/p+1/t20-/m0/s1. The Morgan fingerprint density at radius 1 is 1.17 bits per heavy atom. The van der Waals surface area contributed by atoms with Crippen molar-refractivity contribution < 1.29 is 32.7 Å². The highest BCUT2D eigenvalue weighted by molar-refractivity contribution is 7.90. The third-order valence-corrected chi connectivity index (χ3v) is 6.36. The SMILES string of the molecule is O=S(=O)(N=C1C=C2[NH+](CCO)CCO[C@@]2(O)c2ccccc21)c1ccc(F)cc1. The van der Waals surface area contributed by atoms with Crippen molar-refractivity contribution in [1.29, 1.82) is 0 Å². The summed E-state index contributed by atoms with van der Waals surface area (Å²) in [5, 5.41) is 20.6. The molecule has 2 aromatic rings. The number of ether oxygens (including phenoxy) is 1. The van der Waals surface area contributed by atoms with Gasteiger partial charge in [0.05, 0.1) is 17.2 Å². The minimum absolute atomic E-state index is 0.106. The lowest BCUT2D eigenvalue weighted by atomic mass is 9.86. The zero-order valence-electron chi connectivity index (χ0n) is 15.4. The van der Waals surface area contributed by atoms with Crippen LogP contribution in [0.25, 0.3) is 0 Å². The molecule has 2 aliphatic rings. The Balaban J connectivity index is 1.88. The van der Waals surface area contributed by atoms with Crippen molar-refractivity contribution in [2.24, 2.45) is 4.40 Å². The van der Waals surface area contributed by atoms with E-state index in [9.17, 15) is 23.0 Å². The third-order valence-electron chi connectivity index (χ3n) is 5.05. The first-order valence-electron chi connectivity index (χ1n) is 9.10. The lowest BCUT2D eigenvalue weighted by molar-refractivity contribution is -0.882. The molecule has 152 valence electrons. The fraction of sp³-hybridized carbons (Fsp3) is 0.250. The molecule has 1 aliphatic carbocycles. The Hall–Kier alpha value is -2.43. The molecule has 0 bridgehead atoms. The first kappa shape index (κ1) is 19.9. The van der Waals surface area contributed by atoms with E-state index in [1.165, 1.54) is 6.08 Å². The average molecular weight is 419 g/mol. The van der Waals surface area contributed by atoms with Gasteiger partial charge in [-0.25, -0.2) is 4.39 Å². The molecule has 0 aromatic heterocycles. The molecule has 2 aromatic carbocycles. The van der Waals surface area contributed by atoms with E-state index in [0.717, 1.165) is 29.2 Å². The lowest BCUT2D eigenvalue weighted by Crippen LogP contribution is -3.14. The van der Waals surface area contributed by atoms with Crippen molar-refractivity contribution in [2.75, 3.05) is 26.3 Å². The number of hydrogen-bond acceptors (Lipinski definition) is 5. The molecular formula is C20H20FN2O5S+. The van der Waals surface area contributed by atoms with Crippen LogP contribution in [0, 0.1) is 5.82 Å². The van der Waals surface area contributed by atoms with Gasteiger partial charge in [-0.1, -0.05) is 24.3 Å². The van der Waals surface area contributed by atoms with Crippen molar-refractivity contribution in [3.8, 4) is 0 Å². The molecule has 7 nitrogen and oxygen atoms in total. The Kier molecular flexibility index (Phi) is 5.09. The Morgan fingerprint density at radius 2 is 1.90 bits per heavy atom. The van der Waals surface area contributed by atoms with Gasteiger partial charge in [-0.05, 0) is 24.3 Å². The van der Waals surface area contributed by atoms with Crippen LogP contribution in [0.4, 0.5) is 4.39 Å². The summed E-state index contributed by atoms with van der Waals surface area (Å²) in [4.78, 5) is 0.644. The topological polar surface area (TPSA) is 101 Å². The van der Waals surface area contributed by atoms with Crippen LogP contribution in [-0.4, -0.2) is 50.6 Å². The van der Waals surface area contributed by atoms with Crippen molar-refractivity contribution in [3.05, 3.63) is 77.2 Å². The molecule has 1 fully saturated rings. The molecule has 1 unspecified atom stereocenters. The largest absolute Gasteiger partial charge is 0.391 e. The maximum atomic E-state index is 13.2. The maximum Gasteiger partial charge on any atom is 0.282 e. The molecule has 29 heavy (non-hydrogen) atoms. The predicted molar refractivity (Wildman–Crippen MR) is 102 cm³/mol. The fourth-order valence-electron chi connectivity index (χ4n) is 3.67. The number of hydrogen-bond donors (Lipinski definition) is 3. The van der Waals surface area contributed by atoms with Crippen LogP contribution < -0.4 is 4.90 Å². The summed E-state index contributed by atoms with van der Waals surface area (Å²) in [5.41, 5.74) is 1.35. The molecule has 0 spiro atoms.